The molecule has 0 bridgehead atoms. The molecule has 2 rings (SSSR count). The number of aryl methyl sites for hydroxylation is 1. The van der Waals surface area contributed by atoms with Crippen molar-refractivity contribution in [1.29, 1.82) is 0 Å². The molecule has 8 heteroatoms. The number of hydrogen-bond donors (Lipinski definition) is 2. The van der Waals surface area contributed by atoms with E-state index in [0.717, 1.165) is 11.6 Å². The van der Waals surface area contributed by atoms with E-state index in [1.807, 2.05) is 18.4 Å². The number of sulfonamides is 1. The molecule has 0 fully saturated rings. The molecule has 0 spiro atoms. The number of ether oxygens (including phenoxy) is 1. The highest BCUT2D eigenvalue weighted by atomic mass is 32.2. The highest BCUT2D eigenvalue weighted by Gasteiger charge is 2.20. The Morgan fingerprint density at radius 2 is 2.13 bits per heavy atom. The smallest absolute Gasteiger partial charge is 0.240 e. The van der Waals surface area contributed by atoms with E-state index in [0.29, 0.717) is 4.88 Å². The molecular formula is C15H18FNO4S2. The van der Waals surface area contributed by atoms with Crippen LogP contribution < -0.4 is 9.46 Å². The molecule has 2 aromatic rings. The Bertz CT molecular complexity index is 774. The zero-order valence-electron chi connectivity index (χ0n) is 12.7. The zero-order valence-corrected chi connectivity index (χ0v) is 14.4. The van der Waals surface area contributed by atoms with E-state index in [2.05, 4.69) is 4.72 Å². The van der Waals surface area contributed by atoms with Crippen molar-refractivity contribution in [3.8, 4) is 5.75 Å². The molecular weight excluding hydrogens is 341 g/mol. The fraction of sp³-hybridized carbons (Fsp3) is 0.333. The van der Waals surface area contributed by atoms with Crippen molar-refractivity contribution in [3.63, 3.8) is 0 Å². The predicted molar refractivity (Wildman–Crippen MR) is 86.8 cm³/mol. The van der Waals surface area contributed by atoms with E-state index < -0.39 is 21.9 Å². The first-order valence-corrected chi connectivity index (χ1v) is 9.35. The second-order valence-corrected chi connectivity index (χ2v) is 7.58. The van der Waals surface area contributed by atoms with Gasteiger partial charge in [0.1, 0.15) is 6.10 Å². The molecule has 0 aliphatic rings. The van der Waals surface area contributed by atoms with Gasteiger partial charge in [-0.05, 0) is 49.1 Å². The molecule has 23 heavy (non-hydrogen) atoms. The highest BCUT2D eigenvalue weighted by molar-refractivity contribution is 7.89. The average molecular weight is 359 g/mol. The Labute approximate surface area is 138 Å². The molecule has 0 saturated carbocycles. The summed E-state index contributed by atoms with van der Waals surface area (Å²) < 4.78 is 45.5. The highest BCUT2D eigenvalue weighted by Crippen LogP contribution is 2.24. The Kier molecular flexibility index (Phi) is 5.74. The Morgan fingerprint density at radius 1 is 1.39 bits per heavy atom. The minimum atomic E-state index is -3.91. The second kappa shape index (κ2) is 7.39. The summed E-state index contributed by atoms with van der Waals surface area (Å²) in [4.78, 5) is 0.485. The lowest BCUT2D eigenvalue weighted by molar-refractivity contribution is 0.185. The first kappa shape index (κ1) is 17.9. The summed E-state index contributed by atoms with van der Waals surface area (Å²) in [5.41, 5.74) is 0.897. The van der Waals surface area contributed by atoms with Gasteiger partial charge in [0, 0.05) is 11.4 Å². The van der Waals surface area contributed by atoms with Gasteiger partial charge in [-0.1, -0.05) is 0 Å². The molecule has 0 amide bonds. The fourth-order valence-corrected chi connectivity index (χ4v) is 3.97. The number of halogens is 1. The molecule has 126 valence electrons. The number of aliphatic hydroxyl groups excluding tert-OH is 1. The van der Waals surface area contributed by atoms with Gasteiger partial charge >= 0.3 is 0 Å². The van der Waals surface area contributed by atoms with Gasteiger partial charge in [-0.25, -0.2) is 17.5 Å². The van der Waals surface area contributed by atoms with Crippen molar-refractivity contribution >= 4 is 21.4 Å². The lowest BCUT2D eigenvalue weighted by Crippen LogP contribution is -2.28. The summed E-state index contributed by atoms with van der Waals surface area (Å²) in [5, 5.41) is 11.9. The number of thiophene rings is 1. The van der Waals surface area contributed by atoms with Crippen molar-refractivity contribution in [2.24, 2.45) is 0 Å². The minimum absolute atomic E-state index is 0.000644. The Morgan fingerprint density at radius 3 is 2.70 bits per heavy atom. The number of nitrogens with one attached hydrogen (secondary N) is 1. The van der Waals surface area contributed by atoms with Crippen LogP contribution in [-0.4, -0.2) is 26.7 Å². The average Bonchev–Trinajstić information content (AvgIpc) is 2.93. The maximum Gasteiger partial charge on any atom is 0.240 e. The second-order valence-electron chi connectivity index (χ2n) is 4.86. The van der Waals surface area contributed by atoms with Crippen LogP contribution in [0.4, 0.5) is 4.39 Å². The van der Waals surface area contributed by atoms with Gasteiger partial charge in [0.2, 0.25) is 10.0 Å². The largest absolute Gasteiger partial charge is 0.491 e. The van der Waals surface area contributed by atoms with E-state index in [-0.39, 0.29) is 23.8 Å². The Hall–Kier alpha value is -1.48. The van der Waals surface area contributed by atoms with Crippen molar-refractivity contribution in [1.82, 2.24) is 4.72 Å². The standard InChI is InChI=1S/C15H18FNO4S2/c1-3-21-14-5-4-11(8-12(14)16)23(19,20)17-9-13(18)15-10(2)6-7-22-15/h4-8,13,17-18H,3,9H2,1-2H3. The quantitative estimate of drug-likeness (QED) is 0.797. The molecule has 0 aliphatic carbocycles. The lowest BCUT2D eigenvalue weighted by Gasteiger charge is -2.13. The molecule has 1 atom stereocenters. The van der Waals surface area contributed by atoms with Crippen molar-refractivity contribution in [2.45, 2.75) is 24.8 Å². The summed E-state index contributed by atoms with van der Waals surface area (Å²) in [7, 11) is -3.91. The molecule has 5 nitrogen and oxygen atoms in total. The van der Waals surface area contributed by atoms with Gasteiger partial charge in [-0.3, -0.25) is 0 Å². The maximum atomic E-state index is 13.8. The summed E-state index contributed by atoms with van der Waals surface area (Å²) >= 11 is 1.35. The van der Waals surface area contributed by atoms with Crippen LogP contribution in [0.3, 0.4) is 0 Å². The number of hydrogen-bond acceptors (Lipinski definition) is 5. The van der Waals surface area contributed by atoms with Gasteiger partial charge in [0.25, 0.3) is 0 Å². The number of benzene rings is 1. The minimum Gasteiger partial charge on any atom is -0.491 e. The predicted octanol–water partition coefficient (Wildman–Crippen LogP) is 2.61. The SMILES string of the molecule is CCOc1ccc(S(=O)(=O)NCC(O)c2sccc2C)cc1F. The lowest BCUT2D eigenvalue weighted by atomic mass is 10.2. The van der Waals surface area contributed by atoms with Crippen molar-refractivity contribution in [3.05, 3.63) is 45.9 Å². The van der Waals surface area contributed by atoms with Gasteiger partial charge < -0.3 is 9.84 Å². The van der Waals surface area contributed by atoms with E-state index in [9.17, 15) is 17.9 Å². The van der Waals surface area contributed by atoms with Gasteiger partial charge in [0.15, 0.2) is 11.6 Å². The third-order valence-electron chi connectivity index (χ3n) is 3.18. The molecule has 1 aromatic heterocycles. The summed E-state index contributed by atoms with van der Waals surface area (Å²) in [6, 6.07) is 5.28. The number of rotatable bonds is 7. The summed E-state index contributed by atoms with van der Waals surface area (Å²) in [6.07, 6.45) is -0.947. The molecule has 0 radical (unpaired) electrons. The first-order valence-electron chi connectivity index (χ1n) is 6.99. The summed E-state index contributed by atoms with van der Waals surface area (Å²) in [5.74, 6) is -0.745. The third-order valence-corrected chi connectivity index (χ3v) is 5.73. The molecule has 0 saturated heterocycles. The van der Waals surface area contributed by atoms with Crippen LogP contribution in [-0.2, 0) is 10.0 Å². The molecule has 1 unspecified atom stereocenters. The van der Waals surface area contributed by atoms with E-state index >= 15 is 0 Å². The monoisotopic (exact) mass is 359 g/mol. The van der Waals surface area contributed by atoms with E-state index in [4.69, 9.17) is 4.74 Å². The molecule has 0 aliphatic heterocycles. The van der Waals surface area contributed by atoms with Crippen LogP contribution in [0.25, 0.3) is 0 Å². The van der Waals surface area contributed by atoms with Gasteiger partial charge in [-0.2, -0.15) is 0 Å². The van der Waals surface area contributed by atoms with Gasteiger partial charge in [0.05, 0.1) is 11.5 Å². The van der Waals surface area contributed by atoms with Crippen molar-refractivity contribution in [2.75, 3.05) is 13.2 Å². The molecule has 1 heterocycles. The topological polar surface area (TPSA) is 75.6 Å². The van der Waals surface area contributed by atoms with Crippen LogP contribution in [0.15, 0.2) is 34.5 Å². The molecule has 2 N–H and O–H groups in total. The third kappa shape index (κ3) is 4.29. The normalized spacial score (nSPS) is 13.0. The van der Waals surface area contributed by atoms with Crippen molar-refractivity contribution < 1.29 is 22.7 Å². The van der Waals surface area contributed by atoms with Gasteiger partial charge in [-0.15, -0.1) is 11.3 Å². The van der Waals surface area contributed by atoms with Crippen LogP contribution in [0.5, 0.6) is 5.75 Å². The Balaban J connectivity index is 2.10. The zero-order chi connectivity index (χ0) is 17.0. The van der Waals surface area contributed by atoms with Crippen LogP contribution in [0, 0.1) is 12.7 Å². The molecule has 1 aromatic carbocycles. The fourth-order valence-electron chi connectivity index (χ4n) is 2.01. The van der Waals surface area contributed by atoms with Crippen LogP contribution >= 0.6 is 11.3 Å². The van der Waals surface area contributed by atoms with E-state index in [1.165, 1.54) is 23.5 Å². The first-order chi connectivity index (χ1) is 10.8. The van der Waals surface area contributed by atoms with Crippen LogP contribution in [0.1, 0.15) is 23.5 Å². The summed E-state index contributed by atoms with van der Waals surface area (Å²) in [6.45, 7) is 3.65. The van der Waals surface area contributed by atoms with Crippen LogP contribution in [0.2, 0.25) is 0 Å². The number of aliphatic hydroxyl groups is 1. The van der Waals surface area contributed by atoms with E-state index in [1.54, 1.807) is 6.92 Å². The maximum absolute atomic E-state index is 13.8.